The summed E-state index contributed by atoms with van der Waals surface area (Å²) < 4.78 is 69.2. The van der Waals surface area contributed by atoms with Gasteiger partial charge in [0.1, 0.15) is 9.96 Å². The van der Waals surface area contributed by atoms with Gasteiger partial charge in [-0.1, -0.05) is 31.2 Å². The van der Waals surface area contributed by atoms with Crippen molar-refractivity contribution in [2.45, 2.75) is 67.4 Å². The van der Waals surface area contributed by atoms with E-state index in [1.54, 1.807) is 54.8 Å². The lowest BCUT2D eigenvalue weighted by molar-refractivity contribution is -0.00832. The van der Waals surface area contributed by atoms with Crippen LogP contribution in [0.1, 0.15) is 50.4 Å². The van der Waals surface area contributed by atoms with Gasteiger partial charge in [-0.2, -0.15) is 4.31 Å². The zero-order chi connectivity index (χ0) is 33.5. The van der Waals surface area contributed by atoms with Crippen molar-refractivity contribution in [3.63, 3.8) is 0 Å². The summed E-state index contributed by atoms with van der Waals surface area (Å²) in [7, 11) is -6.15. The molecule has 0 aliphatic carbocycles. The monoisotopic (exact) mass is 693 g/mol. The second kappa shape index (κ2) is 15.7. The Morgan fingerprint density at radius 3 is 2.48 bits per heavy atom. The Morgan fingerprint density at radius 1 is 1.07 bits per heavy atom. The van der Waals surface area contributed by atoms with E-state index in [9.17, 15) is 26.7 Å². The van der Waals surface area contributed by atoms with Crippen molar-refractivity contribution < 1.29 is 36.2 Å². The maximum Gasteiger partial charge on any atom is 0.261 e. The molecule has 0 fully saturated rings. The highest BCUT2D eigenvalue weighted by atomic mass is 32.2. The van der Waals surface area contributed by atoms with E-state index < -0.39 is 38.1 Å². The average Bonchev–Trinajstić information content (AvgIpc) is 3.59. The van der Waals surface area contributed by atoms with Gasteiger partial charge in [-0.3, -0.25) is 9.52 Å². The molecule has 0 saturated carbocycles. The first-order valence-corrected chi connectivity index (χ1v) is 19.1. The maximum atomic E-state index is 14.3. The van der Waals surface area contributed by atoms with Gasteiger partial charge < -0.3 is 19.5 Å². The van der Waals surface area contributed by atoms with Crippen LogP contribution >= 0.6 is 11.3 Å². The van der Waals surface area contributed by atoms with Crippen molar-refractivity contribution in [3.8, 4) is 5.75 Å². The van der Waals surface area contributed by atoms with Gasteiger partial charge in [0.15, 0.2) is 0 Å². The van der Waals surface area contributed by atoms with Crippen LogP contribution in [0.25, 0.3) is 0 Å². The number of aliphatic hydroxyl groups excluding tert-OH is 1. The molecule has 0 spiro atoms. The lowest BCUT2D eigenvalue weighted by Crippen LogP contribution is -2.48. The van der Waals surface area contributed by atoms with Crippen molar-refractivity contribution >= 4 is 43.0 Å². The van der Waals surface area contributed by atoms with Crippen LogP contribution in [-0.2, 0) is 24.8 Å². The summed E-state index contributed by atoms with van der Waals surface area (Å²) in [5, 5.41) is 11.9. The molecule has 4 atom stereocenters. The van der Waals surface area contributed by atoms with Gasteiger partial charge in [-0.15, -0.1) is 11.3 Å². The molecule has 1 aliphatic heterocycles. The number of nitrogens with one attached hydrogen (secondary N) is 1. The number of ether oxygens (including phenoxy) is 2. The topological polar surface area (TPSA) is 143 Å². The summed E-state index contributed by atoms with van der Waals surface area (Å²) in [4.78, 5) is 15.9. The van der Waals surface area contributed by atoms with E-state index in [0.717, 1.165) is 24.2 Å². The van der Waals surface area contributed by atoms with Crippen molar-refractivity contribution in [1.29, 1.82) is 0 Å². The molecule has 1 aliphatic rings. The Kier molecular flexibility index (Phi) is 12.2. The molecule has 11 nitrogen and oxygen atoms in total. The summed E-state index contributed by atoms with van der Waals surface area (Å²) in [6, 6.07) is 15.1. The molecule has 252 valence electrons. The fourth-order valence-electron chi connectivity index (χ4n) is 5.18. The van der Waals surface area contributed by atoms with Crippen LogP contribution in [0.2, 0.25) is 0 Å². The van der Waals surface area contributed by atoms with E-state index in [1.165, 1.54) is 34.5 Å². The number of anilines is 1. The summed E-state index contributed by atoms with van der Waals surface area (Å²) in [5.74, 6) is -0.508. The minimum atomic E-state index is -3.93. The third kappa shape index (κ3) is 8.87. The highest BCUT2D eigenvalue weighted by Crippen LogP contribution is 2.30. The average molecular weight is 694 g/mol. The standard InChI is InChI=1S/C32H43N3O8S3/c1-23-20-35(24(2)22-36)32(37)28-19-26(33-45(38,39)27-12-6-5-7-13-27)15-16-29(28)43-25(3)11-8-9-17-42-30(23)21-34(4)46(40,41)31-14-10-18-44-31/h5-7,10,12-16,18-19,23-25,30,33,36H,8-9,11,17,20-22H2,1-4H3/t23-,24-,25-,30+/m1/s1. The number of hydrogen-bond donors (Lipinski definition) is 2. The Morgan fingerprint density at radius 2 is 1.80 bits per heavy atom. The molecule has 2 aromatic carbocycles. The van der Waals surface area contributed by atoms with Crippen molar-refractivity contribution in [2.75, 3.05) is 38.1 Å². The molecule has 0 radical (unpaired) electrons. The van der Waals surface area contributed by atoms with Gasteiger partial charge in [0.25, 0.3) is 26.0 Å². The zero-order valence-corrected chi connectivity index (χ0v) is 29.0. The van der Waals surface area contributed by atoms with Crippen LogP contribution in [0.15, 0.2) is 75.1 Å². The Labute approximate surface area is 276 Å². The van der Waals surface area contributed by atoms with Crippen molar-refractivity contribution in [2.24, 2.45) is 5.92 Å². The fourth-order valence-corrected chi connectivity index (χ4v) is 8.63. The molecule has 1 aromatic heterocycles. The first-order chi connectivity index (χ1) is 21.8. The first kappa shape index (κ1) is 35.8. The third-order valence-electron chi connectivity index (χ3n) is 7.95. The number of sulfonamides is 2. The predicted octanol–water partition coefficient (Wildman–Crippen LogP) is 4.67. The van der Waals surface area contributed by atoms with E-state index in [0.29, 0.717) is 18.8 Å². The number of fused-ring (bicyclic) bond motifs is 1. The van der Waals surface area contributed by atoms with Crippen LogP contribution in [0.5, 0.6) is 5.75 Å². The molecule has 46 heavy (non-hydrogen) atoms. The minimum Gasteiger partial charge on any atom is -0.490 e. The molecule has 4 rings (SSSR count). The molecule has 2 heterocycles. The first-order valence-electron chi connectivity index (χ1n) is 15.2. The highest BCUT2D eigenvalue weighted by molar-refractivity contribution is 7.92. The molecular formula is C32H43N3O8S3. The second-order valence-electron chi connectivity index (χ2n) is 11.6. The number of aliphatic hydroxyl groups is 1. The summed E-state index contributed by atoms with van der Waals surface area (Å²) >= 11 is 1.14. The van der Waals surface area contributed by atoms with Crippen LogP contribution in [0, 0.1) is 5.92 Å². The van der Waals surface area contributed by atoms with E-state index in [4.69, 9.17) is 9.47 Å². The quantitative estimate of drug-likeness (QED) is 0.330. The van der Waals surface area contributed by atoms with Gasteiger partial charge in [-0.25, -0.2) is 16.8 Å². The molecule has 0 bridgehead atoms. The number of nitrogens with zero attached hydrogens (tertiary/aromatic N) is 2. The van der Waals surface area contributed by atoms with E-state index in [2.05, 4.69) is 4.72 Å². The Bertz CT molecular complexity index is 1650. The summed E-state index contributed by atoms with van der Waals surface area (Å²) in [6.07, 6.45) is 1.35. The maximum absolute atomic E-state index is 14.3. The lowest BCUT2D eigenvalue weighted by Gasteiger charge is -2.35. The van der Waals surface area contributed by atoms with Gasteiger partial charge >= 0.3 is 0 Å². The van der Waals surface area contributed by atoms with Gasteiger partial charge in [-0.05, 0) is 74.9 Å². The normalized spacial score (nSPS) is 21.2. The number of hydrogen-bond acceptors (Lipinski definition) is 9. The van der Waals surface area contributed by atoms with Gasteiger partial charge in [0.2, 0.25) is 0 Å². The Hall–Kier alpha value is -3.01. The number of thiophene rings is 1. The predicted molar refractivity (Wildman–Crippen MR) is 178 cm³/mol. The molecular weight excluding hydrogens is 651 g/mol. The number of carbonyl (C=O) groups excluding carboxylic acids is 1. The van der Waals surface area contributed by atoms with Crippen LogP contribution < -0.4 is 9.46 Å². The highest BCUT2D eigenvalue weighted by Gasteiger charge is 2.33. The van der Waals surface area contributed by atoms with Crippen LogP contribution in [0.3, 0.4) is 0 Å². The van der Waals surface area contributed by atoms with Gasteiger partial charge in [0, 0.05) is 38.3 Å². The van der Waals surface area contributed by atoms with Crippen LogP contribution in [-0.4, -0.2) is 88.7 Å². The second-order valence-corrected chi connectivity index (χ2v) is 16.5. The number of benzene rings is 2. The molecule has 1 amide bonds. The van der Waals surface area contributed by atoms with E-state index >= 15 is 0 Å². The van der Waals surface area contributed by atoms with E-state index in [1.807, 2.05) is 13.8 Å². The SMILES string of the molecule is C[C@@H]1CCCCO[C@@H](CN(C)S(=O)(=O)c2cccs2)[C@H](C)CN([C@H](C)CO)C(=O)c2cc(NS(=O)(=O)c3ccccc3)ccc2O1. The van der Waals surface area contributed by atoms with E-state index in [-0.39, 0.29) is 52.1 Å². The molecule has 0 saturated heterocycles. The third-order valence-corrected chi connectivity index (χ3v) is 12.5. The summed E-state index contributed by atoms with van der Waals surface area (Å²) in [5.41, 5.74) is 0.319. The van der Waals surface area contributed by atoms with Gasteiger partial charge in [0.05, 0.1) is 35.3 Å². The smallest absolute Gasteiger partial charge is 0.261 e. The molecule has 0 unspecified atom stereocenters. The Balaban J connectivity index is 1.68. The fraction of sp³-hybridized carbons (Fsp3) is 0.469. The van der Waals surface area contributed by atoms with Crippen LogP contribution in [0.4, 0.5) is 5.69 Å². The lowest BCUT2D eigenvalue weighted by atomic mass is 10.0. The van der Waals surface area contributed by atoms with Crippen molar-refractivity contribution in [3.05, 3.63) is 71.6 Å². The largest absolute Gasteiger partial charge is 0.490 e. The molecule has 14 heteroatoms. The zero-order valence-electron chi connectivity index (χ0n) is 26.5. The number of rotatable bonds is 9. The minimum absolute atomic E-state index is 0.0679. The number of amides is 1. The van der Waals surface area contributed by atoms with Crippen molar-refractivity contribution in [1.82, 2.24) is 9.21 Å². The number of likely N-dealkylation sites (N-methyl/N-ethyl adjacent to an activating group) is 1. The summed E-state index contributed by atoms with van der Waals surface area (Å²) in [6.45, 7) is 5.77. The molecule has 2 N–H and O–H groups in total. The molecule has 3 aromatic rings. The number of carbonyl (C=O) groups is 1.